The molecule has 13 heteroatoms. The van der Waals surface area contributed by atoms with Crippen molar-refractivity contribution in [3.8, 4) is 5.75 Å². The number of rotatable bonds is 2. The summed E-state index contributed by atoms with van der Waals surface area (Å²) in [6.45, 7) is 0. The summed E-state index contributed by atoms with van der Waals surface area (Å²) in [5, 5.41) is 16.3. The molecule has 0 aliphatic heterocycles. The molecule has 0 unspecified atom stereocenters. The first-order valence-electron chi connectivity index (χ1n) is 8.00. The lowest BCUT2D eigenvalue weighted by atomic mass is 10.2. The van der Waals surface area contributed by atoms with Crippen molar-refractivity contribution in [2.45, 2.75) is 0 Å². The van der Waals surface area contributed by atoms with Crippen molar-refractivity contribution in [3.63, 3.8) is 0 Å². The van der Waals surface area contributed by atoms with Crippen LogP contribution in [0.25, 0.3) is 0 Å². The largest absolute Gasteiger partial charge is 0.707 e. The normalized spacial score (nSPS) is 9.71. The van der Waals surface area contributed by atoms with Crippen LogP contribution in [-0.4, -0.2) is 17.4 Å². The number of nitrogens with two attached hydrogens (primary N) is 2. The molecule has 0 aromatic heterocycles. The lowest BCUT2D eigenvalue weighted by Crippen LogP contribution is -2.23. The predicted octanol–water partition coefficient (Wildman–Crippen LogP) is 4.79. The molecule has 3 aromatic carbocycles. The van der Waals surface area contributed by atoms with Crippen LogP contribution < -0.4 is 16.1 Å². The summed E-state index contributed by atoms with van der Waals surface area (Å²) in [5.41, 5.74) is 12.4. The van der Waals surface area contributed by atoms with Gasteiger partial charge in [-0.2, -0.15) is 8.78 Å². The zero-order valence-electron chi connectivity index (χ0n) is 15.3. The van der Waals surface area contributed by atoms with Gasteiger partial charge in [-0.1, -0.05) is 31.9 Å². The minimum Gasteiger partial charge on any atom is -0.507 e. The van der Waals surface area contributed by atoms with E-state index in [4.69, 9.17) is 21.5 Å². The third-order valence-corrected chi connectivity index (χ3v) is 4.19. The fourth-order valence-corrected chi connectivity index (χ4v) is 2.25. The molecule has 0 fully saturated rings. The van der Waals surface area contributed by atoms with Gasteiger partial charge in [-0.05, 0) is 48.5 Å². The van der Waals surface area contributed by atoms with E-state index in [-0.39, 0.29) is 0 Å². The fourth-order valence-electron chi connectivity index (χ4n) is 1.72. The molecule has 166 valence electrons. The average Bonchev–Trinajstić information content (AvgIpc) is 2.73. The molecule has 0 bridgehead atoms. The predicted molar refractivity (Wildman–Crippen MR) is 114 cm³/mol. The van der Waals surface area contributed by atoms with Gasteiger partial charge in [0.1, 0.15) is 0 Å². The number of hydrogen-bond acceptors (Lipinski definition) is 5. The molecular formula is C18H14BBr2F5N2O3. The van der Waals surface area contributed by atoms with E-state index in [1.807, 2.05) is 48.5 Å². The Labute approximate surface area is 190 Å². The highest BCUT2D eigenvalue weighted by Gasteiger charge is 2.29. The topological polar surface area (TPSA) is 102 Å². The van der Waals surface area contributed by atoms with E-state index in [0.29, 0.717) is 0 Å². The van der Waals surface area contributed by atoms with Gasteiger partial charge in [0.05, 0.1) is 0 Å². The van der Waals surface area contributed by atoms with E-state index in [0.717, 1.165) is 20.3 Å². The third-order valence-electron chi connectivity index (χ3n) is 3.13. The zero-order valence-corrected chi connectivity index (χ0v) is 18.5. The van der Waals surface area contributed by atoms with Crippen molar-refractivity contribution in [3.05, 3.63) is 86.6 Å². The minimum atomic E-state index is -2.70. The fraction of sp³-hybridized carbons (Fsp3) is 0. The van der Waals surface area contributed by atoms with Crippen molar-refractivity contribution < 1.29 is 36.7 Å². The zero-order chi connectivity index (χ0) is 23.7. The highest BCUT2D eigenvalue weighted by molar-refractivity contribution is 9.10. The van der Waals surface area contributed by atoms with E-state index >= 15 is 0 Å². The minimum absolute atomic E-state index is 0.799. The third kappa shape index (κ3) is 8.73. The van der Waals surface area contributed by atoms with Crippen LogP contribution in [0.15, 0.2) is 57.5 Å². The second-order valence-electron chi connectivity index (χ2n) is 5.45. The maximum absolute atomic E-state index is 12.7. The Morgan fingerprint density at radius 3 is 1.16 bits per heavy atom. The lowest BCUT2D eigenvalue weighted by molar-refractivity contribution is 0.263. The maximum Gasteiger partial charge on any atom is 0.707 e. The van der Waals surface area contributed by atoms with Gasteiger partial charge in [-0.25, -0.2) is 13.2 Å². The van der Waals surface area contributed by atoms with E-state index in [2.05, 4.69) is 36.5 Å². The molecule has 3 aromatic rings. The first-order chi connectivity index (χ1) is 14.4. The Balaban J connectivity index is 0.000000253. The van der Waals surface area contributed by atoms with Crippen molar-refractivity contribution in [2.75, 3.05) is 11.5 Å². The summed E-state index contributed by atoms with van der Waals surface area (Å²) >= 11 is 6.58. The molecule has 5 nitrogen and oxygen atoms in total. The number of benzene rings is 3. The molecule has 31 heavy (non-hydrogen) atoms. The summed E-state index contributed by atoms with van der Waals surface area (Å²) < 4.78 is 68.4. The van der Waals surface area contributed by atoms with Crippen molar-refractivity contribution >= 4 is 50.6 Å². The first kappa shape index (κ1) is 26.7. The molecule has 0 saturated carbocycles. The summed E-state index contributed by atoms with van der Waals surface area (Å²) in [7, 11) is -2.70. The van der Waals surface area contributed by atoms with Crippen molar-refractivity contribution in [2.24, 2.45) is 0 Å². The molecule has 0 aliphatic rings. The van der Waals surface area contributed by atoms with Gasteiger partial charge in [0.15, 0.2) is 5.75 Å². The standard InChI is InChI=1S/C6H2BF5O3.2C6H6BrN/c8-1-2(9)4(11)6(15-7(13)14)5(12)3(1)10;2*7-5-1-3-6(8)4-2-5/h13-14H;2*1-4H,8H2. The van der Waals surface area contributed by atoms with Gasteiger partial charge in [-0.3, -0.25) is 0 Å². The SMILES string of the molecule is Nc1ccc(Br)cc1.Nc1ccc(Br)cc1.OB(O)Oc1c(F)c(F)c(F)c(F)c1F. The second kappa shape index (κ2) is 12.5. The summed E-state index contributed by atoms with van der Waals surface area (Å²) in [6, 6.07) is 15.1. The molecule has 0 aliphatic carbocycles. The maximum atomic E-state index is 12.7. The van der Waals surface area contributed by atoms with Gasteiger partial charge >= 0.3 is 7.32 Å². The molecule has 0 atom stereocenters. The van der Waals surface area contributed by atoms with Crippen molar-refractivity contribution in [1.82, 2.24) is 0 Å². The Morgan fingerprint density at radius 2 is 0.903 bits per heavy atom. The quantitative estimate of drug-likeness (QED) is 0.116. The van der Waals surface area contributed by atoms with E-state index < -0.39 is 42.2 Å². The summed E-state index contributed by atoms with van der Waals surface area (Å²) in [5.74, 6) is -13.1. The monoisotopic (exact) mass is 570 g/mol. The van der Waals surface area contributed by atoms with Crippen molar-refractivity contribution in [1.29, 1.82) is 0 Å². The van der Waals surface area contributed by atoms with Crippen LogP contribution in [0.4, 0.5) is 33.3 Å². The van der Waals surface area contributed by atoms with E-state index in [1.54, 1.807) is 0 Å². The van der Waals surface area contributed by atoms with Crippen LogP contribution >= 0.6 is 31.9 Å². The van der Waals surface area contributed by atoms with Crippen LogP contribution in [-0.2, 0) is 0 Å². The van der Waals surface area contributed by atoms with Crippen LogP contribution in [0.5, 0.6) is 5.75 Å². The molecule has 0 amide bonds. The highest BCUT2D eigenvalue weighted by Crippen LogP contribution is 2.29. The Kier molecular flexibility index (Phi) is 10.8. The number of halogens is 7. The molecule has 0 spiro atoms. The summed E-state index contributed by atoms with van der Waals surface area (Å²) in [4.78, 5) is 0. The van der Waals surface area contributed by atoms with E-state index in [9.17, 15) is 22.0 Å². The second-order valence-corrected chi connectivity index (χ2v) is 7.28. The Morgan fingerprint density at radius 1 is 0.613 bits per heavy atom. The first-order valence-corrected chi connectivity index (χ1v) is 9.59. The van der Waals surface area contributed by atoms with Gasteiger partial charge < -0.3 is 26.2 Å². The molecule has 6 N–H and O–H groups in total. The number of hydrogen-bond donors (Lipinski definition) is 4. The van der Waals surface area contributed by atoms with Crippen LogP contribution in [0.3, 0.4) is 0 Å². The highest BCUT2D eigenvalue weighted by atomic mass is 79.9. The summed E-state index contributed by atoms with van der Waals surface area (Å²) in [6.07, 6.45) is 0. The Hall–Kier alpha value is -2.35. The van der Waals surface area contributed by atoms with Crippen LogP contribution in [0.2, 0.25) is 0 Å². The molecule has 0 radical (unpaired) electrons. The molecule has 0 saturated heterocycles. The number of anilines is 2. The van der Waals surface area contributed by atoms with Gasteiger partial charge in [0.25, 0.3) is 0 Å². The van der Waals surface area contributed by atoms with Gasteiger partial charge in [0.2, 0.25) is 29.1 Å². The Bertz CT molecular complexity index is 882. The molecule has 0 heterocycles. The number of nitrogen functional groups attached to an aromatic ring is 2. The van der Waals surface area contributed by atoms with Gasteiger partial charge in [0, 0.05) is 20.3 Å². The molecule has 3 rings (SSSR count). The van der Waals surface area contributed by atoms with Crippen LogP contribution in [0, 0.1) is 29.1 Å². The van der Waals surface area contributed by atoms with Crippen LogP contribution in [0.1, 0.15) is 0 Å². The van der Waals surface area contributed by atoms with E-state index in [1.165, 1.54) is 0 Å². The molecular weight excluding hydrogens is 558 g/mol. The lowest BCUT2D eigenvalue weighted by Gasteiger charge is -2.08. The smallest absolute Gasteiger partial charge is 0.507 e. The average molecular weight is 572 g/mol. The van der Waals surface area contributed by atoms with Gasteiger partial charge in [-0.15, -0.1) is 0 Å².